The molecule has 2 nitrogen and oxygen atoms in total. The van der Waals surface area contributed by atoms with Crippen LogP contribution in [0.5, 0.6) is 0 Å². The number of hydrogen-bond donors (Lipinski definition) is 2. The normalized spacial score (nSPS) is 42.6. The largest absolute Gasteiger partial charge is 0.395 e. The smallest absolute Gasteiger partial charge is 0.0582 e. The molecule has 16 heavy (non-hydrogen) atoms. The van der Waals surface area contributed by atoms with Crippen LogP contribution in [0.3, 0.4) is 0 Å². The zero-order chi connectivity index (χ0) is 12.0. The standard InChI is InChI=1S/C14H27NO/c1-13(2)10-6-7-14(3,8-10)12(13)5-4-11(15)9-16/h10-12,16H,4-9,15H2,1-3H3. The minimum Gasteiger partial charge on any atom is -0.395 e. The Morgan fingerprint density at radius 1 is 1.38 bits per heavy atom. The van der Waals surface area contributed by atoms with Crippen LogP contribution in [0.2, 0.25) is 0 Å². The first-order valence-corrected chi connectivity index (χ1v) is 6.76. The summed E-state index contributed by atoms with van der Waals surface area (Å²) in [6.07, 6.45) is 6.42. The molecule has 0 radical (unpaired) electrons. The third-order valence-electron chi connectivity index (χ3n) is 5.63. The van der Waals surface area contributed by atoms with Crippen LogP contribution in [0.15, 0.2) is 0 Å². The molecule has 2 fully saturated rings. The Balaban J connectivity index is 2.02. The van der Waals surface area contributed by atoms with Crippen molar-refractivity contribution in [1.29, 1.82) is 0 Å². The van der Waals surface area contributed by atoms with Crippen molar-refractivity contribution in [2.75, 3.05) is 6.61 Å². The molecule has 2 bridgehead atoms. The molecule has 0 aromatic carbocycles. The highest BCUT2D eigenvalue weighted by Crippen LogP contribution is 2.67. The molecule has 2 aliphatic carbocycles. The van der Waals surface area contributed by atoms with Crippen molar-refractivity contribution in [2.45, 2.75) is 58.9 Å². The Morgan fingerprint density at radius 2 is 2.06 bits per heavy atom. The van der Waals surface area contributed by atoms with Crippen LogP contribution < -0.4 is 5.73 Å². The number of aliphatic hydroxyl groups excluding tert-OH is 1. The lowest BCUT2D eigenvalue weighted by Crippen LogP contribution is -2.36. The molecule has 94 valence electrons. The Kier molecular flexibility index (Phi) is 3.09. The summed E-state index contributed by atoms with van der Waals surface area (Å²) in [5, 5.41) is 9.01. The van der Waals surface area contributed by atoms with E-state index in [1.165, 1.54) is 25.7 Å². The van der Waals surface area contributed by atoms with E-state index < -0.39 is 0 Å². The van der Waals surface area contributed by atoms with E-state index in [-0.39, 0.29) is 12.6 Å². The van der Waals surface area contributed by atoms with Gasteiger partial charge in [0, 0.05) is 6.04 Å². The number of hydrogen-bond acceptors (Lipinski definition) is 2. The fourth-order valence-electron chi connectivity index (χ4n) is 4.60. The van der Waals surface area contributed by atoms with E-state index in [0.717, 1.165) is 18.3 Å². The first kappa shape index (κ1) is 12.4. The summed E-state index contributed by atoms with van der Waals surface area (Å²) < 4.78 is 0. The van der Waals surface area contributed by atoms with Crippen LogP contribution in [-0.4, -0.2) is 17.8 Å². The van der Waals surface area contributed by atoms with Gasteiger partial charge in [-0.25, -0.2) is 0 Å². The van der Waals surface area contributed by atoms with E-state index in [1.54, 1.807) is 0 Å². The molecule has 2 aliphatic rings. The van der Waals surface area contributed by atoms with Gasteiger partial charge in [0.2, 0.25) is 0 Å². The molecule has 0 aliphatic heterocycles. The summed E-state index contributed by atoms with van der Waals surface area (Å²) in [7, 11) is 0. The van der Waals surface area contributed by atoms with E-state index in [9.17, 15) is 0 Å². The second-order valence-corrected chi connectivity index (χ2v) is 6.99. The summed E-state index contributed by atoms with van der Waals surface area (Å²) in [6, 6.07) is -0.0153. The molecule has 0 spiro atoms. The van der Waals surface area contributed by atoms with Gasteiger partial charge < -0.3 is 10.8 Å². The van der Waals surface area contributed by atoms with Crippen molar-refractivity contribution in [1.82, 2.24) is 0 Å². The lowest BCUT2D eigenvalue weighted by Gasteiger charge is -2.43. The molecule has 2 heteroatoms. The number of fused-ring (bicyclic) bond motifs is 2. The number of rotatable bonds is 4. The minimum absolute atomic E-state index is 0.0153. The predicted molar refractivity (Wildman–Crippen MR) is 67.0 cm³/mol. The third-order valence-corrected chi connectivity index (χ3v) is 5.63. The van der Waals surface area contributed by atoms with Crippen molar-refractivity contribution in [3.8, 4) is 0 Å². The third kappa shape index (κ3) is 1.80. The van der Waals surface area contributed by atoms with Gasteiger partial charge in [0.05, 0.1) is 6.61 Å². The molecule has 0 saturated heterocycles. The average molecular weight is 225 g/mol. The Bertz CT molecular complexity index is 259. The monoisotopic (exact) mass is 225 g/mol. The van der Waals surface area contributed by atoms with Crippen LogP contribution >= 0.6 is 0 Å². The van der Waals surface area contributed by atoms with Crippen LogP contribution in [0.4, 0.5) is 0 Å². The highest BCUT2D eigenvalue weighted by molar-refractivity contribution is 5.07. The van der Waals surface area contributed by atoms with E-state index in [2.05, 4.69) is 20.8 Å². The molecule has 2 rings (SSSR count). The van der Waals surface area contributed by atoms with E-state index in [4.69, 9.17) is 10.8 Å². The van der Waals surface area contributed by atoms with Gasteiger partial charge in [-0.2, -0.15) is 0 Å². The molecule has 2 saturated carbocycles. The summed E-state index contributed by atoms with van der Waals surface area (Å²) >= 11 is 0. The van der Waals surface area contributed by atoms with Crippen molar-refractivity contribution in [3.05, 3.63) is 0 Å². The van der Waals surface area contributed by atoms with Crippen molar-refractivity contribution in [2.24, 2.45) is 28.4 Å². The van der Waals surface area contributed by atoms with E-state index in [1.807, 2.05) is 0 Å². The Hall–Kier alpha value is -0.0800. The van der Waals surface area contributed by atoms with Gasteiger partial charge in [-0.3, -0.25) is 0 Å². The lowest BCUT2D eigenvalue weighted by atomic mass is 9.62. The quantitative estimate of drug-likeness (QED) is 0.772. The Morgan fingerprint density at radius 3 is 2.56 bits per heavy atom. The first-order valence-electron chi connectivity index (χ1n) is 6.76. The maximum atomic E-state index is 9.01. The fraction of sp³-hybridized carbons (Fsp3) is 1.00. The van der Waals surface area contributed by atoms with Crippen molar-refractivity contribution < 1.29 is 5.11 Å². The molecule has 0 aromatic rings. The SMILES string of the molecule is CC12CCC(C1)C(C)(C)C2CCC(N)CO. The van der Waals surface area contributed by atoms with Crippen LogP contribution in [-0.2, 0) is 0 Å². The second-order valence-electron chi connectivity index (χ2n) is 6.99. The van der Waals surface area contributed by atoms with Gasteiger partial charge >= 0.3 is 0 Å². The molecule has 0 amide bonds. The van der Waals surface area contributed by atoms with E-state index in [0.29, 0.717) is 10.8 Å². The van der Waals surface area contributed by atoms with Gasteiger partial charge in [0.15, 0.2) is 0 Å². The molecule has 4 atom stereocenters. The number of nitrogens with two attached hydrogens (primary N) is 1. The zero-order valence-corrected chi connectivity index (χ0v) is 11.0. The van der Waals surface area contributed by atoms with Crippen molar-refractivity contribution in [3.63, 3.8) is 0 Å². The van der Waals surface area contributed by atoms with Crippen LogP contribution in [0.25, 0.3) is 0 Å². The highest BCUT2D eigenvalue weighted by atomic mass is 16.3. The summed E-state index contributed by atoms with van der Waals surface area (Å²) in [5.41, 5.74) is 6.88. The van der Waals surface area contributed by atoms with Crippen LogP contribution in [0.1, 0.15) is 52.9 Å². The topological polar surface area (TPSA) is 46.2 Å². The molecule has 3 N–H and O–H groups in total. The van der Waals surface area contributed by atoms with Gasteiger partial charge in [0.1, 0.15) is 0 Å². The molecule has 0 heterocycles. The highest BCUT2D eigenvalue weighted by Gasteiger charge is 2.58. The molecule has 4 unspecified atom stereocenters. The summed E-state index contributed by atoms with van der Waals surface area (Å²) in [5.74, 6) is 1.73. The van der Waals surface area contributed by atoms with Gasteiger partial charge in [-0.05, 0) is 54.8 Å². The number of aliphatic hydroxyl groups is 1. The summed E-state index contributed by atoms with van der Waals surface area (Å²) in [6.45, 7) is 7.48. The fourth-order valence-corrected chi connectivity index (χ4v) is 4.60. The van der Waals surface area contributed by atoms with Crippen LogP contribution in [0, 0.1) is 22.7 Å². The van der Waals surface area contributed by atoms with Gasteiger partial charge in [0.25, 0.3) is 0 Å². The van der Waals surface area contributed by atoms with E-state index >= 15 is 0 Å². The molecular formula is C14H27NO. The lowest BCUT2D eigenvalue weighted by molar-refractivity contribution is 0.0620. The van der Waals surface area contributed by atoms with Gasteiger partial charge in [-0.1, -0.05) is 20.8 Å². The average Bonchev–Trinajstić information content (AvgIpc) is 2.68. The Labute approximate surface area is 99.6 Å². The molecular weight excluding hydrogens is 198 g/mol. The first-order chi connectivity index (χ1) is 7.40. The maximum Gasteiger partial charge on any atom is 0.0582 e. The molecule has 0 aromatic heterocycles. The maximum absolute atomic E-state index is 9.01. The van der Waals surface area contributed by atoms with Crippen molar-refractivity contribution >= 4 is 0 Å². The predicted octanol–water partition coefficient (Wildman–Crippen LogP) is 2.55. The zero-order valence-electron chi connectivity index (χ0n) is 11.0. The summed E-state index contributed by atoms with van der Waals surface area (Å²) in [4.78, 5) is 0. The van der Waals surface area contributed by atoms with Gasteiger partial charge in [-0.15, -0.1) is 0 Å². The second kappa shape index (κ2) is 3.99. The minimum atomic E-state index is -0.0153.